The fraction of sp³-hybridized carbons (Fsp3) is 0.667. The molecule has 1 heterocycles. The molecule has 3 nitrogen and oxygen atoms in total. The number of nitrogens with one attached hydrogen (secondary N) is 1. The number of hydrogen-bond donors (Lipinski definition) is 1. The van der Waals surface area contributed by atoms with E-state index in [1.54, 1.807) is 0 Å². The summed E-state index contributed by atoms with van der Waals surface area (Å²) in [6.07, 6.45) is 1.27. The van der Waals surface area contributed by atoms with Crippen molar-refractivity contribution in [1.29, 1.82) is 0 Å². The number of aryl methyl sites for hydroxylation is 1. The van der Waals surface area contributed by atoms with Crippen LogP contribution in [-0.2, 0) is 6.54 Å². The van der Waals surface area contributed by atoms with E-state index >= 15 is 0 Å². The summed E-state index contributed by atoms with van der Waals surface area (Å²) in [5.74, 6) is 1.38. The molecule has 0 saturated carbocycles. The van der Waals surface area contributed by atoms with Gasteiger partial charge in [-0.15, -0.1) is 0 Å². The maximum absolute atomic E-state index is 5.83. The first-order valence-corrected chi connectivity index (χ1v) is 6.86. The first kappa shape index (κ1) is 15.0. The van der Waals surface area contributed by atoms with Gasteiger partial charge in [-0.05, 0) is 38.3 Å². The van der Waals surface area contributed by atoms with E-state index in [-0.39, 0.29) is 6.10 Å². The van der Waals surface area contributed by atoms with E-state index in [2.05, 4.69) is 44.1 Å². The highest BCUT2D eigenvalue weighted by molar-refractivity contribution is 5.25. The Morgan fingerprint density at radius 2 is 2.00 bits per heavy atom. The van der Waals surface area contributed by atoms with Crippen LogP contribution in [0.1, 0.15) is 45.4 Å². The summed E-state index contributed by atoms with van der Waals surface area (Å²) in [5, 5.41) is 3.31. The van der Waals surface area contributed by atoms with Crippen LogP contribution in [0.5, 0.6) is 5.88 Å². The number of aromatic nitrogens is 1. The summed E-state index contributed by atoms with van der Waals surface area (Å²) < 4.78 is 5.83. The molecule has 1 N–H and O–H groups in total. The number of nitrogens with zero attached hydrogens (tertiary/aromatic N) is 1. The van der Waals surface area contributed by atoms with Crippen LogP contribution < -0.4 is 10.1 Å². The van der Waals surface area contributed by atoms with Gasteiger partial charge in [0, 0.05) is 18.3 Å². The van der Waals surface area contributed by atoms with Crippen LogP contribution in [0, 0.1) is 12.8 Å². The average Bonchev–Trinajstić information content (AvgIpc) is 2.26. The molecule has 0 aliphatic carbocycles. The van der Waals surface area contributed by atoms with E-state index in [0.717, 1.165) is 31.1 Å². The third-order valence-corrected chi connectivity index (χ3v) is 2.86. The average molecular weight is 250 g/mol. The highest BCUT2D eigenvalue weighted by atomic mass is 16.5. The Morgan fingerprint density at radius 3 is 2.56 bits per heavy atom. The molecule has 1 unspecified atom stereocenters. The van der Waals surface area contributed by atoms with E-state index in [1.807, 2.05) is 13.0 Å². The van der Waals surface area contributed by atoms with E-state index in [1.165, 1.54) is 5.56 Å². The topological polar surface area (TPSA) is 34.1 Å². The van der Waals surface area contributed by atoms with Crippen molar-refractivity contribution in [2.75, 3.05) is 6.54 Å². The van der Waals surface area contributed by atoms with Crippen molar-refractivity contribution < 1.29 is 4.74 Å². The molecular formula is C15H26N2O. The minimum atomic E-state index is 0.219. The van der Waals surface area contributed by atoms with Gasteiger partial charge >= 0.3 is 0 Å². The Labute approximate surface area is 111 Å². The van der Waals surface area contributed by atoms with Gasteiger partial charge in [0.1, 0.15) is 0 Å². The maximum Gasteiger partial charge on any atom is 0.213 e. The first-order valence-electron chi connectivity index (χ1n) is 6.86. The minimum absolute atomic E-state index is 0.219. The van der Waals surface area contributed by atoms with E-state index < -0.39 is 0 Å². The summed E-state index contributed by atoms with van der Waals surface area (Å²) >= 11 is 0. The number of pyridine rings is 1. The molecule has 0 aromatic carbocycles. The summed E-state index contributed by atoms with van der Waals surface area (Å²) in [6.45, 7) is 12.5. The van der Waals surface area contributed by atoms with Crippen molar-refractivity contribution in [3.8, 4) is 5.88 Å². The van der Waals surface area contributed by atoms with Gasteiger partial charge in [-0.1, -0.05) is 26.8 Å². The molecule has 0 aliphatic rings. The molecule has 18 heavy (non-hydrogen) atoms. The first-order chi connectivity index (χ1) is 8.52. The molecule has 0 bridgehead atoms. The number of rotatable bonds is 7. The van der Waals surface area contributed by atoms with Crippen LogP contribution in [0.2, 0.25) is 0 Å². The van der Waals surface area contributed by atoms with Gasteiger partial charge in [0.15, 0.2) is 0 Å². The fourth-order valence-corrected chi connectivity index (χ4v) is 2.00. The lowest BCUT2D eigenvalue weighted by Crippen LogP contribution is -2.16. The summed E-state index contributed by atoms with van der Waals surface area (Å²) in [4.78, 5) is 4.51. The molecule has 0 radical (unpaired) electrons. The molecule has 0 spiro atoms. The van der Waals surface area contributed by atoms with Gasteiger partial charge in [-0.25, -0.2) is 4.98 Å². The highest BCUT2D eigenvalue weighted by Gasteiger charge is 2.08. The van der Waals surface area contributed by atoms with Gasteiger partial charge in [-0.3, -0.25) is 0 Å². The van der Waals surface area contributed by atoms with E-state index in [4.69, 9.17) is 4.74 Å². The molecule has 0 saturated heterocycles. The van der Waals surface area contributed by atoms with Crippen LogP contribution >= 0.6 is 0 Å². The third kappa shape index (κ3) is 5.05. The van der Waals surface area contributed by atoms with Crippen LogP contribution in [-0.4, -0.2) is 17.6 Å². The Hall–Kier alpha value is -1.09. The quantitative estimate of drug-likeness (QED) is 0.806. The Balaban J connectivity index is 2.60. The number of hydrogen-bond acceptors (Lipinski definition) is 3. The van der Waals surface area contributed by atoms with Crippen molar-refractivity contribution >= 4 is 0 Å². The predicted octanol–water partition coefficient (Wildman–Crippen LogP) is 3.31. The second-order valence-corrected chi connectivity index (χ2v) is 5.23. The zero-order valence-corrected chi connectivity index (χ0v) is 12.3. The van der Waals surface area contributed by atoms with Crippen molar-refractivity contribution in [3.05, 3.63) is 23.4 Å². The van der Waals surface area contributed by atoms with Crippen molar-refractivity contribution in [1.82, 2.24) is 10.3 Å². The minimum Gasteiger partial charge on any atom is -0.475 e. The maximum atomic E-state index is 5.83. The van der Waals surface area contributed by atoms with Crippen LogP contribution in [0.15, 0.2) is 12.1 Å². The lowest BCUT2D eigenvalue weighted by molar-refractivity contribution is 0.185. The normalized spacial score (nSPS) is 12.8. The van der Waals surface area contributed by atoms with Crippen LogP contribution in [0.3, 0.4) is 0 Å². The fourth-order valence-electron chi connectivity index (χ4n) is 2.00. The summed E-state index contributed by atoms with van der Waals surface area (Å²) in [6, 6.07) is 4.07. The highest BCUT2D eigenvalue weighted by Crippen LogP contribution is 2.16. The lowest BCUT2D eigenvalue weighted by Gasteiger charge is -2.16. The zero-order chi connectivity index (χ0) is 13.5. The molecule has 1 rings (SSSR count). The lowest BCUT2D eigenvalue weighted by atomic mass is 10.1. The molecule has 102 valence electrons. The molecule has 1 aromatic heterocycles. The smallest absolute Gasteiger partial charge is 0.213 e. The van der Waals surface area contributed by atoms with Crippen LogP contribution in [0.4, 0.5) is 0 Å². The van der Waals surface area contributed by atoms with Gasteiger partial charge < -0.3 is 10.1 Å². The molecule has 1 aromatic rings. The van der Waals surface area contributed by atoms with Gasteiger partial charge in [-0.2, -0.15) is 0 Å². The Morgan fingerprint density at radius 1 is 1.28 bits per heavy atom. The zero-order valence-electron chi connectivity index (χ0n) is 12.3. The van der Waals surface area contributed by atoms with Crippen molar-refractivity contribution in [3.63, 3.8) is 0 Å². The molecule has 0 aliphatic heterocycles. The van der Waals surface area contributed by atoms with Crippen LogP contribution in [0.25, 0.3) is 0 Å². The van der Waals surface area contributed by atoms with Gasteiger partial charge in [0.2, 0.25) is 5.88 Å². The molecule has 0 amide bonds. The summed E-state index contributed by atoms with van der Waals surface area (Å²) in [5.41, 5.74) is 2.28. The largest absolute Gasteiger partial charge is 0.475 e. The van der Waals surface area contributed by atoms with Crippen molar-refractivity contribution in [2.24, 2.45) is 5.92 Å². The molecule has 3 heteroatoms. The third-order valence-electron chi connectivity index (χ3n) is 2.86. The van der Waals surface area contributed by atoms with Gasteiger partial charge in [0.05, 0.1) is 6.10 Å². The van der Waals surface area contributed by atoms with E-state index in [0.29, 0.717) is 5.92 Å². The molecule has 0 fully saturated rings. The molecule has 1 atom stereocenters. The summed E-state index contributed by atoms with van der Waals surface area (Å²) in [7, 11) is 0. The SMILES string of the molecule is CCNCc1ccc(OC(C)CC(C)C)nc1C. The standard InChI is InChI=1S/C15H26N2O/c1-6-16-10-14-7-8-15(17-13(14)5)18-12(4)9-11(2)3/h7-8,11-12,16H,6,9-10H2,1-5H3. The Bertz CT molecular complexity index is 364. The predicted molar refractivity (Wildman–Crippen MR) is 75.9 cm³/mol. The number of ether oxygens (including phenoxy) is 1. The van der Waals surface area contributed by atoms with Crippen molar-refractivity contribution in [2.45, 2.75) is 53.7 Å². The molecular weight excluding hydrogens is 224 g/mol. The van der Waals surface area contributed by atoms with E-state index in [9.17, 15) is 0 Å². The monoisotopic (exact) mass is 250 g/mol. The second kappa shape index (κ2) is 7.37. The van der Waals surface area contributed by atoms with Gasteiger partial charge in [0.25, 0.3) is 0 Å². The second-order valence-electron chi connectivity index (χ2n) is 5.23. The Kier molecular flexibility index (Phi) is 6.13.